The van der Waals surface area contributed by atoms with E-state index in [9.17, 15) is 9.59 Å². The Bertz CT molecular complexity index is 1160. The Hall–Kier alpha value is -3.35. The zero-order valence-electron chi connectivity index (χ0n) is 19.1. The smallest absolute Gasteiger partial charge is 0.242 e. The molecule has 1 aromatic heterocycles. The van der Waals surface area contributed by atoms with E-state index in [4.69, 9.17) is 9.72 Å². The molecule has 2 amide bonds. The van der Waals surface area contributed by atoms with Crippen molar-refractivity contribution in [1.82, 2.24) is 14.5 Å². The average molecular weight is 447 g/mol. The molecule has 0 aliphatic carbocycles. The van der Waals surface area contributed by atoms with Gasteiger partial charge in [-0.05, 0) is 37.1 Å². The molecule has 0 radical (unpaired) electrons. The van der Waals surface area contributed by atoms with Crippen LogP contribution in [0.1, 0.15) is 43.8 Å². The first kappa shape index (κ1) is 21.5. The van der Waals surface area contributed by atoms with Gasteiger partial charge in [-0.2, -0.15) is 0 Å². The lowest BCUT2D eigenvalue weighted by atomic mass is 10.1. The molecule has 2 aromatic carbocycles. The van der Waals surface area contributed by atoms with Gasteiger partial charge in [0.05, 0.1) is 18.1 Å². The minimum absolute atomic E-state index is 0.0608. The van der Waals surface area contributed by atoms with E-state index in [1.54, 1.807) is 12.0 Å². The maximum atomic E-state index is 13.2. The quantitative estimate of drug-likeness (QED) is 0.595. The number of carbonyl (C=O) groups excluding carboxylic acids is 2. The summed E-state index contributed by atoms with van der Waals surface area (Å²) in [4.78, 5) is 34.9. The Morgan fingerprint density at radius 1 is 1.06 bits per heavy atom. The number of hydrogen-bond acceptors (Lipinski definition) is 4. The molecule has 5 rings (SSSR count). The van der Waals surface area contributed by atoms with Crippen LogP contribution in [0.2, 0.25) is 0 Å². The summed E-state index contributed by atoms with van der Waals surface area (Å²) >= 11 is 0. The molecule has 2 aliphatic rings. The zero-order chi connectivity index (χ0) is 22.8. The number of anilines is 1. The predicted molar refractivity (Wildman–Crippen MR) is 127 cm³/mol. The van der Waals surface area contributed by atoms with Gasteiger partial charge in [-0.1, -0.05) is 31.0 Å². The van der Waals surface area contributed by atoms with Gasteiger partial charge in [-0.15, -0.1) is 0 Å². The van der Waals surface area contributed by atoms with Crippen molar-refractivity contribution in [3.05, 3.63) is 54.4 Å². The first-order chi connectivity index (χ1) is 16.1. The van der Waals surface area contributed by atoms with E-state index >= 15 is 0 Å². The summed E-state index contributed by atoms with van der Waals surface area (Å²) in [7, 11) is 1.62. The second-order valence-corrected chi connectivity index (χ2v) is 8.95. The number of nitrogens with zero attached hydrogens (tertiary/aromatic N) is 4. The SMILES string of the molecule is COc1cccc(N2C[C@@H](c3nc4ccccc4n3CC(=O)N3CCCCCC3)CC2=O)c1. The molecule has 7 nitrogen and oxygen atoms in total. The molecule has 2 fully saturated rings. The Balaban J connectivity index is 1.44. The molecule has 0 N–H and O–H groups in total. The van der Waals surface area contributed by atoms with Crippen LogP contribution in [-0.2, 0) is 16.1 Å². The topological polar surface area (TPSA) is 67.7 Å². The Kier molecular flexibility index (Phi) is 6.03. The van der Waals surface area contributed by atoms with Gasteiger partial charge in [-0.25, -0.2) is 4.98 Å². The molecule has 1 atom stereocenters. The van der Waals surface area contributed by atoms with Gasteiger partial charge in [0, 0.05) is 43.7 Å². The number of likely N-dealkylation sites (tertiary alicyclic amines) is 1. The lowest BCUT2D eigenvalue weighted by molar-refractivity contribution is -0.131. The van der Waals surface area contributed by atoms with Crippen LogP contribution in [-0.4, -0.2) is 53.0 Å². The molecule has 0 unspecified atom stereocenters. The molecule has 2 saturated heterocycles. The summed E-state index contributed by atoms with van der Waals surface area (Å²) in [5.74, 6) is 1.66. The van der Waals surface area contributed by atoms with Crippen LogP contribution in [0, 0.1) is 0 Å². The second kappa shape index (κ2) is 9.25. The highest BCUT2D eigenvalue weighted by Crippen LogP contribution is 2.34. The third-order valence-corrected chi connectivity index (χ3v) is 6.79. The highest BCUT2D eigenvalue weighted by Gasteiger charge is 2.35. The summed E-state index contributed by atoms with van der Waals surface area (Å²) in [5, 5.41) is 0. The van der Waals surface area contributed by atoms with Crippen molar-refractivity contribution in [3.63, 3.8) is 0 Å². The average Bonchev–Trinajstić information content (AvgIpc) is 3.27. The van der Waals surface area contributed by atoms with E-state index in [0.29, 0.717) is 13.0 Å². The van der Waals surface area contributed by atoms with Crippen molar-refractivity contribution in [1.29, 1.82) is 0 Å². The number of imidazole rings is 1. The van der Waals surface area contributed by atoms with Gasteiger partial charge in [0.1, 0.15) is 18.1 Å². The fourth-order valence-corrected chi connectivity index (χ4v) is 5.04. The van der Waals surface area contributed by atoms with Crippen LogP contribution in [0.5, 0.6) is 5.75 Å². The number of benzene rings is 2. The van der Waals surface area contributed by atoms with Crippen LogP contribution >= 0.6 is 0 Å². The number of rotatable bonds is 5. The molecular formula is C26H30N4O3. The standard InChI is InChI=1S/C26H30N4O3/c1-33-21-10-8-9-20(16-21)29-17-19(15-24(29)31)26-27-22-11-4-5-12-23(22)30(26)18-25(32)28-13-6-2-3-7-14-28/h4-5,8-12,16,19H,2-3,6-7,13-15,17-18H2,1H3/t19-/m0/s1. The molecule has 33 heavy (non-hydrogen) atoms. The van der Waals surface area contributed by atoms with Crippen molar-refractivity contribution in [2.75, 3.05) is 31.6 Å². The number of amides is 2. The second-order valence-electron chi connectivity index (χ2n) is 8.95. The number of carbonyl (C=O) groups is 2. The van der Waals surface area contributed by atoms with E-state index in [1.807, 2.05) is 58.0 Å². The molecule has 0 saturated carbocycles. The highest BCUT2D eigenvalue weighted by atomic mass is 16.5. The Morgan fingerprint density at radius 3 is 2.64 bits per heavy atom. The predicted octanol–water partition coefficient (Wildman–Crippen LogP) is 3.97. The molecular weight excluding hydrogens is 416 g/mol. The molecule has 2 aliphatic heterocycles. The lowest BCUT2D eigenvalue weighted by Gasteiger charge is -2.22. The third kappa shape index (κ3) is 4.32. The maximum absolute atomic E-state index is 13.2. The first-order valence-electron chi connectivity index (χ1n) is 11.8. The van der Waals surface area contributed by atoms with Gasteiger partial charge >= 0.3 is 0 Å². The lowest BCUT2D eigenvalue weighted by Crippen LogP contribution is -2.35. The van der Waals surface area contributed by atoms with Gasteiger partial charge < -0.3 is 19.1 Å². The van der Waals surface area contributed by atoms with Crippen LogP contribution in [0.3, 0.4) is 0 Å². The summed E-state index contributed by atoms with van der Waals surface area (Å²) in [6, 6.07) is 15.5. The monoisotopic (exact) mass is 446 g/mol. The number of aromatic nitrogens is 2. The third-order valence-electron chi connectivity index (χ3n) is 6.79. The van der Waals surface area contributed by atoms with E-state index in [0.717, 1.165) is 54.2 Å². The highest BCUT2D eigenvalue weighted by molar-refractivity contribution is 5.96. The summed E-state index contributed by atoms with van der Waals surface area (Å²) < 4.78 is 7.37. The van der Waals surface area contributed by atoms with E-state index in [-0.39, 0.29) is 24.3 Å². The minimum atomic E-state index is -0.0759. The fourth-order valence-electron chi connectivity index (χ4n) is 5.04. The first-order valence-corrected chi connectivity index (χ1v) is 11.8. The number of hydrogen-bond donors (Lipinski definition) is 0. The number of methoxy groups -OCH3 is 1. The van der Waals surface area contributed by atoms with Gasteiger partial charge in [-0.3, -0.25) is 9.59 Å². The van der Waals surface area contributed by atoms with Gasteiger partial charge in [0.25, 0.3) is 0 Å². The number of para-hydroxylation sites is 2. The van der Waals surface area contributed by atoms with Crippen molar-refractivity contribution in [3.8, 4) is 5.75 Å². The summed E-state index contributed by atoms with van der Waals surface area (Å²) in [5.41, 5.74) is 2.64. The zero-order valence-corrected chi connectivity index (χ0v) is 19.1. The van der Waals surface area contributed by atoms with Crippen molar-refractivity contribution in [2.24, 2.45) is 0 Å². The summed E-state index contributed by atoms with van der Waals surface area (Å²) in [6.45, 7) is 2.45. The fraction of sp³-hybridized carbons (Fsp3) is 0.423. The molecule has 0 bridgehead atoms. The van der Waals surface area contributed by atoms with Crippen LogP contribution in [0.4, 0.5) is 5.69 Å². The Morgan fingerprint density at radius 2 is 1.85 bits per heavy atom. The summed E-state index contributed by atoms with van der Waals surface area (Å²) in [6.07, 6.45) is 4.88. The molecule has 0 spiro atoms. The van der Waals surface area contributed by atoms with Crippen LogP contribution in [0.25, 0.3) is 11.0 Å². The minimum Gasteiger partial charge on any atom is -0.497 e. The van der Waals surface area contributed by atoms with Gasteiger partial charge in [0.2, 0.25) is 11.8 Å². The number of ether oxygens (including phenoxy) is 1. The maximum Gasteiger partial charge on any atom is 0.242 e. The molecule has 172 valence electrons. The molecule has 7 heteroatoms. The molecule has 3 heterocycles. The normalized spacial score (nSPS) is 19.2. The Labute approximate surface area is 193 Å². The number of fused-ring (bicyclic) bond motifs is 1. The molecule has 3 aromatic rings. The van der Waals surface area contributed by atoms with E-state index < -0.39 is 0 Å². The van der Waals surface area contributed by atoms with Gasteiger partial charge in [0.15, 0.2) is 0 Å². The largest absolute Gasteiger partial charge is 0.497 e. The van der Waals surface area contributed by atoms with Crippen molar-refractivity contribution >= 4 is 28.5 Å². The van der Waals surface area contributed by atoms with Crippen LogP contribution < -0.4 is 9.64 Å². The van der Waals surface area contributed by atoms with Crippen molar-refractivity contribution in [2.45, 2.75) is 44.6 Å². The van der Waals surface area contributed by atoms with Crippen LogP contribution in [0.15, 0.2) is 48.5 Å². The van der Waals surface area contributed by atoms with Crippen molar-refractivity contribution < 1.29 is 14.3 Å². The van der Waals surface area contributed by atoms with E-state index in [1.165, 1.54) is 12.8 Å². The van der Waals surface area contributed by atoms with E-state index in [2.05, 4.69) is 0 Å².